The quantitative estimate of drug-likeness (QED) is 0.661. The van der Waals surface area contributed by atoms with Crippen molar-refractivity contribution in [3.8, 4) is 0 Å². The molecule has 3 N–H and O–H groups in total. The Kier molecular flexibility index (Phi) is 6.74. The molecule has 0 saturated heterocycles. The van der Waals surface area contributed by atoms with E-state index in [9.17, 15) is 9.00 Å². The van der Waals surface area contributed by atoms with E-state index in [1.54, 1.807) is 6.26 Å². The van der Waals surface area contributed by atoms with Gasteiger partial charge in [0.25, 0.3) is 0 Å². The molecular weight excluding hydrogens is 200 g/mol. The zero-order valence-electron chi connectivity index (χ0n) is 9.08. The van der Waals surface area contributed by atoms with Crippen molar-refractivity contribution in [3.05, 3.63) is 0 Å². The number of carbonyl (C=O) groups is 1. The Morgan fingerprint density at radius 1 is 1.57 bits per heavy atom. The molecule has 0 aromatic carbocycles. The van der Waals surface area contributed by atoms with Crippen LogP contribution in [-0.2, 0) is 15.6 Å². The first-order valence-electron chi connectivity index (χ1n) is 4.84. The van der Waals surface area contributed by atoms with Gasteiger partial charge in [-0.1, -0.05) is 13.8 Å². The van der Waals surface area contributed by atoms with Crippen LogP contribution in [0.5, 0.6) is 0 Å². The maximum atomic E-state index is 11.2. The normalized spacial score (nSPS) is 17.1. The average Bonchev–Trinajstić information content (AvgIpc) is 2.15. The number of carbonyl (C=O) groups excluding carboxylic acids is 1. The molecule has 5 heteroatoms. The second kappa shape index (κ2) is 6.95. The average molecular weight is 220 g/mol. The molecule has 0 aromatic rings. The van der Waals surface area contributed by atoms with Gasteiger partial charge in [0.05, 0.1) is 6.04 Å². The molecule has 0 saturated carbocycles. The maximum Gasteiger partial charge on any atom is 0.236 e. The predicted octanol–water partition coefficient (Wildman–Crippen LogP) is -0.00300. The van der Waals surface area contributed by atoms with Gasteiger partial charge in [-0.25, -0.2) is 0 Å². The molecule has 0 aliphatic heterocycles. The highest BCUT2D eigenvalue weighted by Crippen LogP contribution is 1.97. The monoisotopic (exact) mass is 220 g/mol. The molecule has 2 unspecified atom stereocenters. The van der Waals surface area contributed by atoms with Crippen molar-refractivity contribution in [3.63, 3.8) is 0 Å². The number of hydrogen-bond donors (Lipinski definition) is 2. The molecule has 0 bridgehead atoms. The van der Waals surface area contributed by atoms with Crippen molar-refractivity contribution < 1.29 is 9.00 Å². The van der Waals surface area contributed by atoms with Crippen LogP contribution in [0.15, 0.2) is 0 Å². The van der Waals surface area contributed by atoms with Gasteiger partial charge in [0, 0.05) is 28.9 Å². The molecule has 84 valence electrons. The third kappa shape index (κ3) is 5.34. The van der Waals surface area contributed by atoms with E-state index in [0.29, 0.717) is 13.0 Å². The van der Waals surface area contributed by atoms with Crippen LogP contribution >= 0.6 is 0 Å². The maximum absolute atomic E-state index is 11.2. The van der Waals surface area contributed by atoms with Gasteiger partial charge in [-0.05, 0) is 12.8 Å². The summed E-state index contributed by atoms with van der Waals surface area (Å²) in [5.41, 5.74) is 5.52. The van der Waals surface area contributed by atoms with Crippen LogP contribution in [0.2, 0.25) is 0 Å². The number of amides is 1. The molecule has 0 heterocycles. The molecular formula is C9H20N2O2S. The van der Waals surface area contributed by atoms with Crippen LogP contribution in [-0.4, -0.2) is 34.2 Å². The van der Waals surface area contributed by atoms with Crippen LogP contribution in [0, 0.1) is 0 Å². The van der Waals surface area contributed by atoms with E-state index in [-0.39, 0.29) is 11.2 Å². The van der Waals surface area contributed by atoms with E-state index in [2.05, 4.69) is 5.32 Å². The number of nitrogens with one attached hydrogen (secondary N) is 1. The fourth-order valence-electron chi connectivity index (χ4n) is 0.881. The lowest BCUT2D eigenvalue weighted by Crippen LogP contribution is -2.41. The van der Waals surface area contributed by atoms with Gasteiger partial charge in [-0.2, -0.15) is 0 Å². The van der Waals surface area contributed by atoms with Crippen molar-refractivity contribution in [2.24, 2.45) is 5.73 Å². The van der Waals surface area contributed by atoms with Crippen LogP contribution in [0.25, 0.3) is 0 Å². The minimum Gasteiger partial charge on any atom is -0.355 e. The lowest BCUT2D eigenvalue weighted by molar-refractivity contribution is -0.122. The van der Waals surface area contributed by atoms with E-state index >= 15 is 0 Å². The summed E-state index contributed by atoms with van der Waals surface area (Å²) in [6.45, 7) is 4.32. The van der Waals surface area contributed by atoms with Crippen LogP contribution < -0.4 is 11.1 Å². The van der Waals surface area contributed by atoms with E-state index in [1.807, 2.05) is 13.8 Å². The van der Waals surface area contributed by atoms with Gasteiger partial charge in [0.1, 0.15) is 0 Å². The zero-order chi connectivity index (χ0) is 11.1. The van der Waals surface area contributed by atoms with Gasteiger partial charge >= 0.3 is 0 Å². The summed E-state index contributed by atoms with van der Waals surface area (Å²) in [5.74, 6) is -0.124. The molecule has 0 rings (SSSR count). The molecule has 0 radical (unpaired) electrons. The van der Waals surface area contributed by atoms with E-state index in [0.717, 1.165) is 6.42 Å². The van der Waals surface area contributed by atoms with Gasteiger partial charge in [-0.15, -0.1) is 0 Å². The minimum atomic E-state index is -0.820. The Labute approximate surface area is 88.1 Å². The van der Waals surface area contributed by atoms with Crippen molar-refractivity contribution in [1.82, 2.24) is 5.32 Å². The van der Waals surface area contributed by atoms with Crippen molar-refractivity contribution in [1.29, 1.82) is 0 Å². The van der Waals surface area contributed by atoms with Crippen LogP contribution in [0.1, 0.15) is 26.7 Å². The smallest absolute Gasteiger partial charge is 0.236 e. The Balaban J connectivity index is 3.64. The summed E-state index contributed by atoms with van der Waals surface area (Å²) in [4.78, 5) is 11.2. The highest BCUT2D eigenvalue weighted by molar-refractivity contribution is 7.84. The molecule has 0 aliphatic rings. The van der Waals surface area contributed by atoms with Crippen molar-refractivity contribution >= 4 is 16.7 Å². The highest BCUT2D eigenvalue weighted by atomic mass is 32.2. The molecule has 3 atom stereocenters. The lowest BCUT2D eigenvalue weighted by atomic mass is 10.2. The topological polar surface area (TPSA) is 72.2 Å². The van der Waals surface area contributed by atoms with Crippen molar-refractivity contribution in [2.75, 3.05) is 12.8 Å². The largest absolute Gasteiger partial charge is 0.355 e. The summed E-state index contributed by atoms with van der Waals surface area (Å²) in [5, 5.41) is 2.84. The van der Waals surface area contributed by atoms with E-state index in [4.69, 9.17) is 5.73 Å². The van der Waals surface area contributed by atoms with Gasteiger partial charge < -0.3 is 11.1 Å². The number of rotatable bonds is 6. The summed E-state index contributed by atoms with van der Waals surface area (Å²) < 4.78 is 11.0. The fraction of sp³-hybridized carbons (Fsp3) is 0.889. The Morgan fingerprint density at radius 3 is 2.57 bits per heavy atom. The predicted molar refractivity (Wildman–Crippen MR) is 59.4 cm³/mol. The van der Waals surface area contributed by atoms with Crippen molar-refractivity contribution in [2.45, 2.75) is 38.0 Å². The second-order valence-corrected chi connectivity index (χ2v) is 5.21. The first-order valence-corrected chi connectivity index (χ1v) is 6.46. The molecule has 14 heavy (non-hydrogen) atoms. The minimum absolute atomic E-state index is 0.119. The third-order valence-corrected chi connectivity index (χ3v) is 3.56. The molecule has 0 aliphatic carbocycles. The first kappa shape index (κ1) is 13.6. The Hall–Kier alpha value is -0.420. The molecule has 1 amide bonds. The van der Waals surface area contributed by atoms with Crippen LogP contribution in [0.3, 0.4) is 0 Å². The number of hydrogen-bond acceptors (Lipinski definition) is 3. The lowest BCUT2D eigenvalue weighted by Gasteiger charge is -2.12. The molecule has 0 fully saturated rings. The van der Waals surface area contributed by atoms with Gasteiger partial charge in [0.15, 0.2) is 0 Å². The van der Waals surface area contributed by atoms with Gasteiger partial charge in [0.2, 0.25) is 5.91 Å². The SMILES string of the molecule is CC[C@@H](N)C(=O)NCCC(C)S(C)=O. The first-order chi connectivity index (χ1) is 6.49. The summed E-state index contributed by atoms with van der Waals surface area (Å²) in [6.07, 6.45) is 3.04. The molecule has 4 nitrogen and oxygen atoms in total. The third-order valence-electron chi connectivity index (χ3n) is 2.19. The zero-order valence-corrected chi connectivity index (χ0v) is 9.89. The Morgan fingerprint density at radius 2 is 2.14 bits per heavy atom. The summed E-state index contributed by atoms with van der Waals surface area (Å²) >= 11 is 0. The van der Waals surface area contributed by atoms with Crippen LogP contribution in [0.4, 0.5) is 0 Å². The second-order valence-electron chi connectivity index (χ2n) is 3.40. The number of nitrogens with two attached hydrogens (primary N) is 1. The van der Waals surface area contributed by atoms with Gasteiger partial charge in [-0.3, -0.25) is 9.00 Å². The van der Waals surface area contributed by atoms with E-state index < -0.39 is 16.8 Å². The fourth-order valence-corrected chi connectivity index (χ4v) is 1.33. The summed E-state index contributed by atoms with van der Waals surface area (Å²) in [6, 6.07) is -0.419. The standard InChI is InChI=1S/C9H20N2O2S/c1-4-8(10)9(12)11-6-5-7(2)14(3)13/h7-8H,4-6,10H2,1-3H3,(H,11,12)/t7?,8-,14?/m1/s1. The molecule has 0 aromatic heterocycles. The highest BCUT2D eigenvalue weighted by Gasteiger charge is 2.11. The summed E-state index contributed by atoms with van der Waals surface area (Å²) in [7, 11) is -0.820. The molecule has 0 spiro atoms. The van der Waals surface area contributed by atoms with E-state index in [1.165, 1.54) is 0 Å². The Bertz CT molecular complexity index is 209.